The molecule has 360 valence electrons. The third-order valence-corrected chi connectivity index (χ3v) is 18.0. The van der Waals surface area contributed by atoms with Gasteiger partial charge in [0.25, 0.3) is 0 Å². The van der Waals surface area contributed by atoms with Crippen LogP contribution in [-0.2, 0) is 10.8 Å². The Hall–Kier alpha value is -9.20. The van der Waals surface area contributed by atoms with Crippen LogP contribution in [0.4, 0.5) is 34.1 Å². The lowest BCUT2D eigenvalue weighted by Crippen LogP contribution is -2.45. The Morgan fingerprint density at radius 1 is 0.250 bits per heavy atom. The lowest BCUT2D eigenvalue weighted by atomic mass is 9.54. The van der Waals surface area contributed by atoms with Gasteiger partial charge >= 0.3 is 0 Å². The van der Waals surface area contributed by atoms with E-state index in [0.717, 1.165) is 90.5 Å². The molecule has 0 fully saturated rings. The average Bonchev–Trinajstić information content (AvgIpc) is 4.33. The van der Waals surface area contributed by atoms with E-state index in [9.17, 15) is 0 Å². The second-order valence-electron chi connectivity index (χ2n) is 19.5. The van der Waals surface area contributed by atoms with Gasteiger partial charge in [-0.15, -0.1) is 22.7 Å². The summed E-state index contributed by atoms with van der Waals surface area (Å²) >= 11 is 3.81. The summed E-state index contributed by atoms with van der Waals surface area (Å²) in [5.41, 5.74) is 14.2. The van der Waals surface area contributed by atoms with Crippen LogP contribution in [0.15, 0.2) is 279 Å². The van der Waals surface area contributed by atoms with Crippen LogP contribution in [0.1, 0.15) is 43.1 Å². The molecule has 6 heteroatoms. The number of rotatable bonds is 8. The van der Waals surface area contributed by atoms with Crippen LogP contribution in [0.5, 0.6) is 23.0 Å². The highest BCUT2D eigenvalue weighted by molar-refractivity contribution is 7.17. The molecular weight excluding hydrogens is 965 g/mol. The number of fused-ring (bicyclic) bond motifs is 14. The first-order chi connectivity index (χ1) is 37.7. The number of anilines is 6. The molecule has 0 saturated carbocycles. The Morgan fingerprint density at radius 2 is 0.526 bits per heavy atom. The van der Waals surface area contributed by atoms with E-state index < -0.39 is 10.8 Å². The zero-order valence-corrected chi connectivity index (χ0v) is 42.7. The van der Waals surface area contributed by atoms with Gasteiger partial charge in [-0.25, -0.2) is 0 Å². The van der Waals surface area contributed by atoms with Crippen molar-refractivity contribution in [1.82, 2.24) is 0 Å². The Kier molecular flexibility index (Phi) is 10.3. The van der Waals surface area contributed by atoms with Gasteiger partial charge in [0.1, 0.15) is 23.0 Å². The fraction of sp³-hybridized carbons (Fsp3) is 0.0286. The van der Waals surface area contributed by atoms with E-state index in [1.54, 1.807) is 0 Å². The Bertz CT molecular complexity index is 3660. The van der Waals surface area contributed by atoms with Crippen molar-refractivity contribution in [2.45, 2.75) is 10.8 Å². The van der Waals surface area contributed by atoms with Crippen LogP contribution in [-0.4, -0.2) is 0 Å². The van der Waals surface area contributed by atoms with Crippen molar-refractivity contribution < 1.29 is 9.47 Å². The normalized spacial score (nSPS) is 13.7. The molecule has 0 bridgehead atoms. The lowest BCUT2D eigenvalue weighted by Gasteiger charge is -2.50. The third kappa shape index (κ3) is 6.67. The van der Waals surface area contributed by atoms with E-state index in [1.165, 1.54) is 30.6 Å². The Labute approximate surface area is 450 Å². The van der Waals surface area contributed by atoms with E-state index in [2.05, 4.69) is 289 Å². The number of benzene rings is 10. The van der Waals surface area contributed by atoms with Crippen LogP contribution >= 0.6 is 22.7 Å². The number of ether oxygens (including phenoxy) is 2. The molecule has 1 aliphatic carbocycles. The fourth-order valence-electron chi connectivity index (χ4n) is 12.3. The quantitative estimate of drug-likeness (QED) is 0.151. The van der Waals surface area contributed by atoms with Crippen molar-refractivity contribution in [3.63, 3.8) is 0 Å². The minimum absolute atomic E-state index is 0.781. The molecular formula is C70H46N2O2S2. The molecule has 2 aliphatic heterocycles. The van der Waals surface area contributed by atoms with E-state index in [0.29, 0.717) is 0 Å². The van der Waals surface area contributed by atoms with Gasteiger partial charge in [-0.3, -0.25) is 0 Å². The van der Waals surface area contributed by atoms with Crippen molar-refractivity contribution in [3.8, 4) is 43.9 Å². The molecule has 2 spiro atoms. The largest absolute Gasteiger partial charge is 0.457 e. The Balaban J connectivity index is 1.03. The predicted octanol–water partition coefficient (Wildman–Crippen LogP) is 19.4. The van der Waals surface area contributed by atoms with Crippen LogP contribution in [0.25, 0.3) is 20.9 Å². The molecule has 0 amide bonds. The highest BCUT2D eigenvalue weighted by atomic mass is 32.1. The van der Waals surface area contributed by atoms with Gasteiger partial charge in [-0.05, 0) is 131 Å². The zero-order chi connectivity index (χ0) is 50.2. The molecule has 0 N–H and O–H groups in total. The van der Waals surface area contributed by atoms with Gasteiger partial charge in [0.2, 0.25) is 0 Å². The SMILES string of the molecule is c1ccc(N(c2ccccc2)c2cccc(-c3cc4c(s3)C3(c5ccccc5Oc5ccccc53)c3cc(-c5cccc(N(c6ccccc6)c6ccccc6)c5)sc3C43c4ccccc4Oc4ccccc43)c2)cc1. The average molecular weight is 1010 g/mol. The molecule has 15 rings (SSSR count). The summed E-state index contributed by atoms with van der Waals surface area (Å²) in [6.07, 6.45) is 0. The molecule has 0 saturated heterocycles. The molecule has 0 atom stereocenters. The minimum atomic E-state index is -0.781. The molecule has 4 nitrogen and oxygen atoms in total. The van der Waals surface area contributed by atoms with Gasteiger partial charge in [-0.1, -0.05) is 170 Å². The van der Waals surface area contributed by atoms with Crippen molar-refractivity contribution in [1.29, 1.82) is 0 Å². The minimum Gasteiger partial charge on any atom is -0.457 e. The number of thiophene rings is 2. The second kappa shape index (κ2) is 17.7. The Morgan fingerprint density at radius 3 is 0.842 bits per heavy atom. The van der Waals surface area contributed by atoms with Gasteiger partial charge in [-0.2, -0.15) is 0 Å². The van der Waals surface area contributed by atoms with E-state index in [4.69, 9.17) is 9.47 Å². The van der Waals surface area contributed by atoms with Crippen molar-refractivity contribution in [2.75, 3.05) is 9.80 Å². The summed E-state index contributed by atoms with van der Waals surface area (Å²) in [6, 6.07) is 101. The molecule has 10 aromatic carbocycles. The summed E-state index contributed by atoms with van der Waals surface area (Å²) in [5.74, 6) is 3.43. The first-order valence-corrected chi connectivity index (χ1v) is 27.4. The van der Waals surface area contributed by atoms with Gasteiger partial charge in [0.05, 0.1) is 10.8 Å². The van der Waals surface area contributed by atoms with Crippen molar-refractivity contribution >= 4 is 56.8 Å². The number of para-hydroxylation sites is 8. The maximum absolute atomic E-state index is 7.00. The number of nitrogens with zero attached hydrogens (tertiary/aromatic N) is 2. The van der Waals surface area contributed by atoms with Crippen LogP contribution < -0.4 is 19.3 Å². The van der Waals surface area contributed by atoms with E-state index in [1.807, 2.05) is 22.7 Å². The van der Waals surface area contributed by atoms with Gasteiger partial charge < -0.3 is 19.3 Å². The molecule has 76 heavy (non-hydrogen) atoms. The molecule has 0 unspecified atom stereocenters. The summed E-state index contributed by atoms with van der Waals surface area (Å²) in [7, 11) is 0. The second-order valence-corrected chi connectivity index (χ2v) is 21.6. The lowest BCUT2D eigenvalue weighted by molar-refractivity contribution is 0.418. The first kappa shape index (κ1) is 44.3. The molecule has 0 radical (unpaired) electrons. The highest BCUT2D eigenvalue weighted by Gasteiger charge is 2.61. The van der Waals surface area contributed by atoms with Crippen LogP contribution in [0.3, 0.4) is 0 Å². The van der Waals surface area contributed by atoms with Crippen LogP contribution in [0.2, 0.25) is 0 Å². The summed E-state index contributed by atoms with van der Waals surface area (Å²) in [4.78, 5) is 9.58. The van der Waals surface area contributed by atoms with E-state index in [-0.39, 0.29) is 0 Å². The van der Waals surface area contributed by atoms with Crippen molar-refractivity contribution in [2.24, 2.45) is 0 Å². The number of hydrogen-bond donors (Lipinski definition) is 0. The number of hydrogen-bond acceptors (Lipinski definition) is 6. The first-order valence-electron chi connectivity index (χ1n) is 25.7. The standard InChI is InChI=1S/C70H46N2O2S2/c1-5-25-49(26-6-1)71(50-27-7-2-8-28-50)53-33-21-23-47(43-53)65-45-59-67(75-65)70(57-37-15-19-41-63(57)74-64-42-20-16-38-58(64)70)60-46-66(76-68(60)69(59)55-35-13-17-39-61(55)73-62-40-18-14-36-56(62)69)48-24-22-34-54(44-48)72(51-29-9-3-10-30-51)52-31-11-4-12-32-52/h1-46H. The molecule has 3 aliphatic rings. The molecule has 2 aromatic heterocycles. The third-order valence-electron chi connectivity index (χ3n) is 15.4. The molecule has 12 aromatic rings. The summed E-state index contributed by atoms with van der Waals surface area (Å²) < 4.78 is 14.0. The zero-order valence-electron chi connectivity index (χ0n) is 41.1. The van der Waals surface area contributed by atoms with Crippen LogP contribution in [0, 0.1) is 0 Å². The van der Waals surface area contributed by atoms with Gasteiger partial charge in [0, 0.05) is 75.9 Å². The maximum atomic E-state index is 7.00. The maximum Gasteiger partial charge on any atom is 0.132 e. The molecule has 4 heterocycles. The summed E-state index contributed by atoms with van der Waals surface area (Å²) in [6.45, 7) is 0. The van der Waals surface area contributed by atoms with E-state index >= 15 is 0 Å². The highest BCUT2D eigenvalue weighted by Crippen LogP contribution is 2.70. The smallest absolute Gasteiger partial charge is 0.132 e. The van der Waals surface area contributed by atoms with Gasteiger partial charge in [0.15, 0.2) is 0 Å². The topological polar surface area (TPSA) is 24.9 Å². The predicted molar refractivity (Wildman–Crippen MR) is 313 cm³/mol. The fourth-order valence-corrected chi connectivity index (χ4v) is 15.2. The van der Waals surface area contributed by atoms with Crippen molar-refractivity contribution in [3.05, 3.63) is 322 Å². The monoisotopic (exact) mass is 1010 g/mol. The summed E-state index contributed by atoms with van der Waals surface area (Å²) in [5, 5.41) is 0.